The molecule has 0 aromatic heterocycles. The van der Waals surface area contributed by atoms with Crippen LogP contribution < -0.4 is 0 Å². The second-order valence-electron chi connectivity index (χ2n) is 11.0. The maximum atomic E-state index is 15.2. The van der Waals surface area contributed by atoms with Crippen LogP contribution in [0.25, 0.3) is 22.3 Å². The minimum absolute atomic E-state index is 0.131. The first kappa shape index (κ1) is 24.2. The minimum Gasteiger partial charge on any atom is -0.207 e. The summed E-state index contributed by atoms with van der Waals surface area (Å²) in [7, 11) is 0. The lowest BCUT2D eigenvalue weighted by Crippen LogP contribution is -2.25. The summed E-state index contributed by atoms with van der Waals surface area (Å²) in [4.78, 5) is 0. The van der Waals surface area contributed by atoms with E-state index in [9.17, 15) is 8.78 Å². The Kier molecular flexibility index (Phi) is 7.05. The Bertz CT molecular complexity index is 1160. The van der Waals surface area contributed by atoms with Gasteiger partial charge in [0, 0.05) is 5.56 Å². The summed E-state index contributed by atoms with van der Waals surface area (Å²) in [5.41, 5.74) is 3.64. The van der Waals surface area contributed by atoms with E-state index in [1.165, 1.54) is 38.5 Å². The quantitative estimate of drug-likeness (QED) is 0.351. The van der Waals surface area contributed by atoms with Crippen molar-refractivity contribution in [3.8, 4) is 22.3 Å². The fourth-order valence-electron chi connectivity index (χ4n) is 6.41. The van der Waals surface area contributed by atoms with Crippen LogP contribution in [0.4, 0.5) is 13.2 Å². The van der Waals surface area contributed by atoms with Crippen LogP contribution in [0.15, 0.2) is 54.6 Å². The molecule has 2 aliphatic carbocycles. The van der Waals surface area contributed by atoms with Crippen molar-refractivity contribution in [1.82, 2.24) is 0 Å². The average Bonchev–Trinajstić information content (AvgIpc) is 2.88. The van der Waals surface area contributed by atoms with Crippen LogP contribution in [-0.4, -0.2) is 0 Å². The van der Waals surface area contributed by atoms with E-state index in [0.717, 1.165) is 47.3 Å². The molecule has 5 rings (SSSR count). The highest BCUT2D eigenvalue weighted by molar-refractivity contribution is 5.71. The van der Waals surface area contributed by atoms with Crippen LogP contribution >= 0.6 is 0 Å². The van der Waals surface area contributed by atoms with E-state index in [1.54, 1.807) is 37.3 Å². The smallest absolute Gasteiger partial charge is 0.166 e. The van der Waals surface area contributed by atoms with Gasteiger partial charge in [-0.2, -0.15) is 0 Å². The molecule has 0 saturated heterocycles. The first-order chi connectivity index (χ1) is 16.9. The van der Waals surface area contributed by atoms with Crippen molar-refractivity contribution >= 4 is 0 Å². The van der Waals surface area contributed by atoms with Gasteiger partial charge in [-0.05, 0) is 103 Å². The summed E-state index contributed by atoms with van der Waals surface area (Å²) in [6.07, 6.45) is 10.1. The van der Waals surface area contributed by atoms with Gasteiger partial charge >= 0.3 is 0 Å². The van der Waals surface area contributed by atoms with E-state index in [4.69, 9.17) is 0 Å². The van der Waals surface area contributed by atoms with E-state index in [-0.39, 0.29) is 16.9 Å². The fourth-order valence-corrected chi connectivity index (χ4v) is 6.41. The van der Waals surface area contributed by atoms with Crippen molar-refractivity contribution in [2.45, 2.75) is 71.1 Å². The van der Waals surface area contributed by atoms with Crippen LogP contribution in [0.2, 0.25) is 0 Å². The predicted octanol–water partition coefficient (Wildman–Crippen LogP) is 9.85. The minimum atomic E-state index is -0.832. The molecule has 0 radical (unpaired) electrons. The number of halogens is 3. The first-order valence-corrected chi connectivity index (χ1v) is 13.3. The molecule has 3 heteroatoms. The van der Waals surface area contributed by atoms with Crippen LogP contribution in [0.5, 0.6) is 0 Å². The van der Waals surface area contributed by atoms with Gasteiger partial charge in [-0.1, -0.05) is 68.3 Å². The van der Waals surface area contributed by atoms with Gasteiger partial charge in [-0.15, -0.1) is 0 Å². The Hall–Kier alpha value is -2.55. The molecular formula is C32H35F3. The molecule has 0 N–H and O–H groups in total. The van der Waals surface area contributed by atoms with Gasteiger partial charge < -0.3 is 0 Å². The maximum absolute atomic E-state index is 15.2. The molecular weight excluding hydrogens is 441 g/mol. The molecule has 2 aliphatic rings. The Morgan fingerprint density at radius 3 is 1.80 bits per heavy atom. The number of rotatable bonds is 4. The molecule has 0 bridgehead atoms. The molecule has 0 aliphatic heterocycles. The first-order valence-electron chi connectivity index (χ1n) is 13.3. The molecule has 0 spiro atoms. The van der Waals surface area contributed by atoms with Crippen molar-refractivity contribution in [3.05, 3.63) is 83.2 Å². The number of hydrogen-bond donors (Lipinski definition) is 0. The monoisotopic (exact) mass is 476 g/mol. The molecule has 3 aromatic carbocycles. The van der Waals surface area contributed by atoms with E-state index < -0.39 is 11.6 Å². The van der Waals surface area contributed by atoms with Crippen molar-refractivity contribution < 1.29 is 13.2 Å². The van der Waals surface area contributed by atoms with E-state index in [2.05, 4.69) is 6.92 Å². The van der Waals surface area contributed by atoms with Gasteiger partial charge in [0.2, 0.25) is 0 Å². The van der Waals surface area contributed by atoms with Crippen molar-refractivity contribution in [3.63, 3.8) is 0 Å². The predicted molar refractivity (Wildman–Crippen MR) is 138 cm³/mol. The zero-order chi connectivity index (χ0) is 24.5. The van der Waals surface area contributed by atoms with Gasteiger partial charge in [0.05, 0.1) is 0 Å². The summed E-state index contributed by atoms with van der Waals surface area (Å²) < 4.78 is 43.5. The molecule has 0 atom stereocenters. The Morgan fingerprint density at radius 1 is 0.600 bits per heavy atom. The molecule has 0 heterocycles. The topological polar surface area (TPSA) is 0 Å². The van der Waals surface area contributed by atoms with Crippen LogP contribution in [-0.2, 0) is 0 Å². The Labute approximate surface area is 207 Å². The largest absolute Gasteiger partial charge is 0.207 e. The highest BCUT2D eigenvalue weighted by atomic mass is 19.2. The lowest BCUT2D eigenvalue weighted by molar-refractivity contribution is 0.164. The number of aryl methyl sites for hydroxylation is 1. The number of hydrogen-bond acceptors (Lipinski definition) is 0. The maximum Gasteiger partial charge on any atom is 0.166 e. The third-order valence-corrected chi connectivity index (χ3v) is 8.74. The highest BCUT2D eigenvalue weighted by Gasteiger charge is 2.31. The second-order valence-corrected chi connectivity index (χ2v) is 11.0. The summed E-state index contributed by atoms with van der Waals surface area (Å²) in [6, 6.07) is 16.0. The van der Waals surface area contributed by atoms with Gasteiger partial charge in [-0.25, -0.2) is 13.2 Å². The molecule has 2 fully saturated rings. The van der Waals surface area contributed by atoms with E-state index in [0.29, 0.717) is 11.5 Å². The molecule has 3 aromatic rings. The van der Waals surface area contributed by atoms with Crippen LogP contribution in [0.1, 0.15) is 75.3 Å². The lowest BCUT2D eigenvalue weighted by atomic mass is 9.68. The molecule has 2 saturated carbocycles. The van der Waals surface area contributed by atoms with Gasteiger partial charge in [0.25, 0.3) is 0 Å². The summed E-state index contributed by atoms with van der Waals surface area (Å²) >= 11 is 0. The number of benzene rings is 3. The summed E-state index contributed by atoms with van der Waals surface area (Å²) in [5, 5.41) is 0. The highest BCUT2D eigenvalue weighted by Crippen LogP contribution is 2.44. The zero-order valence-corrected chi connectivity index (χ0v) is 20.8. The van der Waals surface area contributed by atoms with Crippen LogP contribution in [0, 0.1) is 42.1 Å². The SMILES string of the molecule is Cc1ccc(-c2ccc(-c3ccc(C4CCC(C5CCC(C)CC5)CC4)c(F)c3)cc2)c(F)c1F. The molecule has 0 unspecified atom stereocenters. The van der Waals surface area contributed by atoms with Gasteiger partial charge in [0.15, 0.2) is 11.6 Å². The normalized spacial score (nSPS) is 24.9. The van der Waals surface area contributed by atoms with Gasteiger partial charge in [-0.3, -0.25) is 0 Å². The third kappa shape index (κ3) is 5.06. The van der Waals surface area contributed by atoms with E-state index in [1.807, 2.05) is 24.3 Å². The summed E-state index contributed by atoms with van der Waals surface area (Å²) in [6.45, 7) is 3.92. The lowest BCUT2D eigenvalue weighted by Gasteiger charge is -2.37. The third-order valence-electron chi connectivity index (χ3n) is 8.74. The summed E-state index contributed by atoms with van der Waals surface area (Å²) in [5.74, 6) is 1.13. The van der Waals surface area contributed by atoms with E-state index >= 15 is 4.39 Å². The molecule has 184 valence electrons. The molecule has 0 nitrogen and oxygen atoms in total. The second kappa shape index (κ2) is 10.2. The van der Waals surface area contributed by atoms with Crippen molar-refractivity contribution in [1.29, 1.82) is 0 Å². The standard InChI is InChI=1S/C32H35F3/c1-20-3-6-22(7-4-20)23-8-12-25(13-9-23)28-18-16-27(19-30(28)33)24-10-14-26(15-11-24)29-17-5-21(2)31(34)32(29)35/h5,10-11,14-20,22-23,25H,3-4,6-9,12-13H2,1-2H3. The van der Waals surface area contributed by atoms with Crippen LogP contribution in [0.3, 0.4) is 0 Å². The molecule has 0 amide bonds. The fraction of sp³-hybridized carbons (Fsp3) is 0.438. The Balaban J connectivity index is 1.26. The Morgan fingerprint density at radius 2 is 1.17 bits per heavy atom. The average molecular weight is 477 g/mol. The van der Waals surface area contributed by atoms with Crippen molar-refractivity contribution in [2.24, 2.45) is 17.8 Å². The molecule has 35 heavy (non-hydrogen) atoms. The van der Waals surface area contributed by atoms with Gasteiger partial charge in [0.1, 0.15) is 5.82 Å². The van der Waals surface area contributed by atoms with Crippen molar-refractivity contribution in [2.75, 3.05) is 0 Å². The zero-order valence-electron chi connectivity index (χ0n) is 20.8.